The lowest BCUT2D eigenvalue weighted by Gasteiger charge is -2.33. The van der Waals surface area contributed by atoms with Gasteiger partial charge in [-0.3, -0.25) is 14.3 Å². The Balaban J connectivity index is 1.50. The average molecular weight is 342 g/mol. The average Bonchev–Trinajstić information content (AvgIpc) is 2.63. The summed E-state index contributed by atoms with van der Waals surface area (Å²) in [5.74, 6) is -0.0759. The lowest BCUT2D eigenvalue weighted by Crippen LogP contribution is -2.39. The third-order valence-electron chi connectivity index (χ3n) is 4.94. The van der Waals surface area contributed by atoms with E-state index in [2.05, 4.69) is 22.2 Å². The third kappa shape index (κ3) is 4.45. The summed E-state index contributed by atoms with van der Waals surface area (Å²) in [4.78, 5) is 26.5. The lowest BCUT2D eigenvalue weighted by molar-refractivity contribution is -0.121. The smallest absolute Gasteiger partial charge is 0.241 e. The van der Waals surface area contributed by atoms with E-state index in [9.17, 15) is 9.59 Å². The number of para-hydroxylation sites is 1. The van der Waals surface area contributed by atoms with Crippen LogP contribution >= 0.6 is 0 Å². The van der Waals surface area contributed by atoms with E-state index >= 15 is 0 Å². The Morgan fingerprint density at radius 3 is 3.00 bits per heavy atom. The van der Waals surface area contributed by atoms with Crippen LogP contribution in [0, 0.1) is 0 Å². The molecule has 1 saturated heterocycles. The van der Waals surface area contributed by atoms with Gasteiger partial charge in [0.1, 0.15) is 6.54 Å². The minimum absolute atomic E-state index is 0.0759. The number of nitrogens with zero attached hydrogens (tertiary/aromatic N) is 3. The first-order chi connectivity index (χ1) is 12.1. The third-order valence-corrected chi connectivity index (χ3v) is 4.94. The zero-order valence-electron chi connectivity index (χ0n) is 14.8. The second kappa shape index (κ2) is 8.25. The minimum Gasteiger partial charge on any atom is -0.354 e. The zero-order chi connectivity index (χ0) is 17.6. The van der Waals surface area contributed by atoms with Crippen molar-refractivity contribution in [2.45, 2.75) is 45.2 Å². The van der Waals surface area contributed by atoms with E-state index < -0.39 is 0 Å². The van der Waals surface area contributed by atoms with Crippen LogP contribution in [0.4, 0.5) is 0 Å². The molecule has 6 heteroatoms. The first-order valence-corrected chi connectivity index (χ1v) is 9.11. The summed E-state index contributed by atoms with van der Waals surface area (Å²) in [5.41, 5.74) is 0.565. The van der Waals surface area contributed by atoms with E-state index in [1.165, 1.54) is 32.0 Å². The van der Waals surface area contributed by atoms with Gasteiger partial charge in [0.05, 0.1) is 11.7 Å². The van der Waals surface area contributed by atoms with E-state index in [0.717, 1.165) is 13.0 Å². The molecule has 0 aliphatic carbocycles. The molecule has 1 aromatic heterocycles. The minimum atomic E-state index is -0.122. The number of rotatable bonds is 6. The molecule has 1 aliphatic heterocycles. The fraction of sp³-hybridized carbons (Fsp3) is 0.526. The number of hydrogen-bond acceptors (Lipinski definition) is 4. The second-order valence-electron chi connectivity index (χ2n) is 6.77. The lowest BCUT2D eigenvalue weighted by atomic mass is 10.0. The Bertz CT molecular complexity index is 786. The Labute approximate surface area is 147 Å². The molecule has 2 heterocycles. The first kappa shape index (κ1) is 17.6. The summed E-state index contributed by atoms with van der Waals surface area (Å²) in [6.45, 7) is 5.27. The summed E-state index contributed by atoms with van der Waals surface area (Å²) in [7, 11) is 0. The molecule has 134 valence electrons. The Kier molecular flexibility index (Phi) is 5.81. The van der Waals surface area contributed by atoms with Crippen molar-refractivity contribution in [3.63, 3.8) is 0 Å². The van der Waals surface area contributed by atoms with Crippen LogP contribution in [0.25, 0.3) is 10.9 Å². The van der Waals surface area contributed by atoms with Gasteiger partial charge in [-0.1, -0.05) is 18.6 Å². The first-order valence-electron chi connectivity index (χ1n) is 9.11. The van der Waals surface area contributed by atoms with Crippen molar-refractivity contribution < 1.29 is 4.79 Å². The van der Waals surface area contributed by atoms with Gasteiger partial charge in [0.25, 0.3) is 0 Å². The topological polar surface area (TPSA) is 67.2 Å². The number of nitrogens with one attached hydrogen (secondary N) is 1. The Morgan fingerprint density at radius 2 is 2.16 bits per heavy atom. The number of piperidine rings is 1. The summed E-state index contributed by atoms with van der Waals surface area (Å²) in [6.07, 6.45) is 6.11. The number of fused-ring (bicyclic) bond motifs is 1. The highest BCUT2D eigenvalue weighted by Gasteiger charge is 2.17. The number of carbonyl (C=O) groups excluding carboxylic acids is 1. The monoisotopic (exact) mass is 342 g/mol. The quantitative estimate of drug-likeness (QED) is 0.813. The molecule has 0 bridgehead atoms. The highest BCUT2D eigenvalue weighted by atomic mass is 16.2. The van der Waals surface area contributed by atoms with Crippen LogP contribution in [-0.2, 0) is 11.3 Å². The van der Waals surface area contributed by atoms with Gasteiger partial charge in [-0.05, 0) is 44.9 Å². The molecule has 6 nitrogen and oxygen atoms in total. The van der Waals surface area contributed by atoms with Crippen molar-refractivity contribution in [3.05, 3.63) is 40.7 Å². The van der Waals surface area contributed by atoms with Crippen LogP contribution in [0.5, 0.6) is 0 Å². The molecule has 25 heavy (non-hydrogen) atoms. The van der Waals surface area contributed by atoms with Crippen LogP contribution < -0.4 is 10.7 Å². The van der Waals surface area contributed by atoms with Gasteiger partial charge in [0.2, 0.25) is 11.3 Å². The van der Waals surface area contributed by atoms with Gasteiger partial charge in [0.15, 0.2) is 0 Å². The van der Waals surface area contributed by atoms with Gasteiger partial charge in [-0.2, -0.15) is 5.10 Å². The molecule has 1 amide bonds. The van der Waals surface area contributed by atoms with Gasteiger partial charge < -0.3 is 10.2 Å². The number of amides is 1. The van der Waals surface area contributed by atoms with Gasteiger partial charge in [-0.25, -0.2) is 0 Å². The maximum absolute atomic E-state index is 12.2. The molecule has 1 atom stereocenters. The Morgan fingerprint density at radius 1 is 1.32 bits per heavy atom. The van der Waals surface area contributed by atoms with Crippen molar-refractivity contribution in [1.29, 1.82) is 0 Å². The van der Waals surface area contributed by atoms with Crippen molar-refractivity contribution in [2.75, 3.05) is 19.6 Å². The normalized spacial score (nSPS) is 18.4. The maximum Gasteiger partial charge on any atom is 0.241 e. The highest BCUT2D eigenvalue weighted by molar-refractivity contribution is 5.81. The highest BCUT2D eigenvalue weighted by Crippen LogP contribution is 2.16. The summed E-state index contributed by atoms with van der Waals surface area (Å²) in [5, 5.41) is 7.64. The molecule has 0 radical (unpaired) electrons. The van der Waals surface area contributed by atoms with Crippen LogP contribution in [0.2, 0.25) is 0 Å². The predicted molar refractivity (Wildman–Crippen MR) is 98.5 cm³/mol. The van der Waals surface area contributed by atoms with Gasteiger partial charge >= 0.3 is 0 Å². The van der Waals surface area contributed by atoms with E-state index in [1.807, 2.05) is 18.2 Å². The molecular weight excluding hydrogens is 316 g/mol. The molecule has 1 fully saturated rings. The van der Waals surface area contributed by atoms with E-state index in [-0.39, 0.29) is 17.9 Å². The van der Waals surface area contributed by atoms with Crippen molar-refractivity contribution in [2.24, 2.45) is 0 Å². The van der Waals surface area contributed by atoms with Crippen LogP contribution in [0.3, 0.4) is 0 Å². The van der Waals surface area contributed by atoms with Crippen LogP contribution in [-0.4, -0.2) is 46.3 Å². The van der Waals surface area contributed by atoms with Crippen molar-refractivity contribution in [1.82, 2.24) is 20.0 Å². The zero-order valence-corrected chi connectivity index (χ0v) is 14.8. The van der Waals surface area contributed by atoms with Gasteiger partial charge in [-0.15, -0.1) is 0 Å². The fourth-order valence-electron chi connectivity index (χ4n) is 3.48. The molecular formula is C19H26N4O2. The molecule has 2 aromatic rings. The fourth-order valence-corrected chi connectivity index (χ4v) is 3.48. The summed E-state index contributed by atoms with van der Waals surface area (Å²) >= 11 is 0. The van der Waals surface area contributed by atoms with Crippen molar-refractivity contribution >= 4 is 16.8 Å². The van der Waals surface area contributed by atoms with E-state index in [1.54, 1.807) is 10.7 Å². The SMILES string of the molecule is C[C@H]1CCCCN1CCCNC(=O)Cn1ncc(=O)c2ccccc21. The number of hydrogen-bond donors (Lipinski definition) is 1. The largest absolute Gasteiger partial charge is 0.354 e. The number of aromatic nitrogens is 2. The molecule has 0 spiro atoms. The molecule has 1 aromatic carbocycles. The predicted octanol–water partition coefficient (Wildman–Crippen LogP) is 1.78. The van der Waals surface area contributed by atoms with Crippen molar-refractivity contribution in [3.8, 4) is 0 Å². The van der Waals surface area contributed by atoms with E-state index in [4.69, 9.17) is 0 Å². The number of likely N-dealkylation sites (tertiary alicyclic amines) is 1. The Hall–Kier alpha value is -2.21. The second-order valence-corrected chi connectivity index (χ2v) is 6.77. The number of benzene rings is 1. The molecule has 0 unspecified atom stereocenters. The van der Waals surface area contributed by atoms with Crippen LogP contribution in [0.1, 0.15) is 32.6 Å². The molecule has 1 aliphatic rings. The summed E-state index contributed by atoms with van der Waals surface area (Å²) < 4.78 is 1.58. The molecule has 3 rings (SSSR count). The van der Waals surface area contributed by atoms with Crippen LogP contribution in [0.15, 0.2) is 35.3 Å². The standard InChI is InChI=1S/C19H26N4O2/c1-15-7-4-5-11-22(15)12-6-10-20-19(25)14-23-17-9-3-2-8-16(17)18(24)13-21-23/h2-3,8-9,13,15H,4-7,10-12,14H2,1H3,(H,20,25)/t15-/m0/s1. The van der Waals surface area contributed by atoms with Gasteiger partial charge in [0, 0.05) is 24.5 Å². The summed E-state index contributed by atoms with van der Waals surface area (Å²) in [6, 6.07) is 7.89. The number of carbonyl (C=O) groups is 1. The van der Waals surface area contributed by atoms with E-state index in [0.29, 0.717) is 23.5 Å². The molecule has 0 saturated carbocycles. The maximum atomic E-state index is 12.2. The molecule has 1 N–H and O–H groups in total.